The largest absolute Gasteiger partial charge is 0.294 e. The Labute approximate surface area is 130 Å². The lowest BCUT2D eigenvalue weighted by atomic mass is 10.0. The Morgan fingerprint density at radius 1 is 1.11 bits per heavy atom. The molecule has 98 valence electrons. The fraction of sp³-hybridized carbons (Fsp3) is 0.133. The number of hydrogen-bond acceptors (Lipinski definition) is 1. The highest BCUT2D eigenvalue weighted by Gasteiger charge is 2.11. The Hall–Kier alpha value is -0.830. The van der Waals surface area contributed by atoms with Crippen LogP contribution >= 0.6 is 39.1 Å². The maximum absolute atomic E-state index is 12.2. The molecular weight excluding hydrogens is 347 g/mol. The zero-order valence-corrected chi connectivity index (χ0v) is 13.3. The first-order valence-electron chi connectivity index (χ1n) is 5.70. The summed E-state index contributed by atoms with van der Waals surface area (Å²) in [5.41, 5.74) is 2.37. The minimum absolute atomic E-state index is 0.0315. The smallest absolute Gasteiger partial charge is 0.167 e. The number of rotatable bonds is 3. The van der Waals surface area contributed by atoms with E-state index in [-0.39, 0.29) is 12.2 Å². The molecule has 0 atom stereocenters. The number of carbonyl (C=O) groups excluding carboxylic acids is 1. The summed E-state index contributed by atoms with van der Waals surface area (Å²) < 4.78 is 0.899. The summed E-state index contributed by atoms with van der Waals surface area (Å²) >= 11 is 15.4. The summed E-state index contributed by atoms with van der Waals surface area (Å²) in [6.07, 6.45) is 0.285. The van der Waals surface area contributed by atoms with Crippen LogP contribution in [0.3, 0.4) is 0 Å². The van der Waals surface area contributed by atoms with Crippen molar-refractivity contribution < 1.29 is 4.79 Å². The van der Waals surface area contributed by atoms with E-state index in [4.69, 9.17) is 23.2 Å². The summed E-state index contributed by atoms with van der Waals surface area (Å²) in [5.74, 6) is 0.0315. The van der Waals surface area contributed by atoms with E-state index in [9.17, 15) is 4.79 Å². The van der Waals surface area contributed by atoms with Crippen LogP contribution in [0.4, 0.5) is 0 Å². The molecule has 0 N–H and O–H groups in total. The van der Waals surface area contributed by atoms with E-state index in [0.717, 1.165) is 15.6 Å². The van der Waals surface area contributed by atoms with Crippen molar-refractivity contribution in [3.05, 3.63) is 67.6 Å². The van der Waals surface area contributed by atoms with Gasteiger partial charge in [-0.05, 0) is 48.4 Å². The van der Waals surface area contributed by atoms with Gasteiger partial charge in [-0.3, -0.25) is 4.79 Å². The quantitative estimate of drug-likeness (QED) is 0.664. The normalized spacial score (nSPS) is 10.5. The highest BCUT2D eigenvalue weighted by molar-refractivity contribution is 9.10. The van der Waals surface area contributed by atoms with Gasteiger partial charge in [0, 0.05) is 26.5 Å². The van der Waals surface area contributed by atoms with Crippen molar-refractivity contribution in [3.8, 4) is 0 Å². The first kappa shape index (κ1) is 14.6. The molecule has 0 saturated heterocycles. The molecule has 0 spiro atoms. The molecule has 2 aromatic rings. The van der Waals surface area contributed by atoms with Crippen molar-refractivity contribution in [3.63, 3.8) is 0 Å². The number of hydrogen-bond donors (Lipinski definition) is 0. The Morgan fingerprint density at radius 3 is 2.47 bits per heavy atom. The van der Waals surface area contributed by atoms with Gasteiger partial charge in [-0.2, -0.15) is 0 Å². The molecular formula is C15H11BrCl2O. The van der Waals surface area contributed by atoms with Crippen LogP contribution in [0.5, 0.6) is 0 Å². The van der Waals surface area contributed by atoms with E-state index < -0.39 is 0 Å². The Bertz CT molecular complexity index is 638. The minimum Gasteiger partial charge on any atom is -0.294 e. The van der Waals surface area contributed by atoms with E-state index >= 15 is 0 Å². The van der Waals surface area contributed by atoms with Crippen molar-refractivity contribution in [2.75, 3.05) is 0 Å². The summed E-state index contributed by atoms with van der Waals surface area (Å²) in [5, 5.41) is 1.26. The maximum Gasteiger partial charge on any atom is 0.167 e. The van der Waals surface area contributed by atoms with Crippen molar-refractivity contribution in [1.82, 2.24) is 0 Å². The van der Waals surface area contributed by atoms with Gasteiger partial charge in [0.25, 0.3) is 0 Å². The molecule has 1 nitrogen and oxygen atoms in total. The standard InChI is InChI=1S/C15H11BrCl2O/c1-9-6-11(3-5-13(9)17)15(19)7-10-2-4-12(16)8-14(10)18/h2-6,8H,7H2,1H3. The second kappa shape index (κ2) is 6.08. The van der Waals surface area contributed by atoms with Crippen LogP contribution in [0.25, 0.3) is 0 Å². The number of benzene rings is 2. The number of ketones is 1. The van der Waals surface area contributed by atoms with Gasteiger partial charge in [0.05, 0.1) is 0 Å². The molecule has 0 saturated carbocycles. The molecule has 0 radical (unpaired) electrons. The van der Waals surface area contributed by atoms with Gasteiger partial charge >= 0.3 is 0 Å². The van der Waals surface area contributed by atoms with Crippen LogP contribution in [-0.4, -0.2) is 5.78 Å². The fourth-order valence-corrected chi connectivity index (χ4v) is 2.62. The van der Waals surface area contributed by atoms with Crippen LogP contribution in [0, 0.1) is 6.92 Å². The van der Waals surface area contributed by atoms with Crippen LogP contribution in [-0.2, 0) is 6.42 Å². The lowest BCUT2D eigenvalue weighted by molar-refractivity contribution is 0.0993. The highest BCUT2D eigenvalue weighted by Crippen LogP contribution is 2.23. The monoisotopic (exact) mass is 356 g/mol. The summed E-state index contributed by atoms with van der Waals surface area (Å²) in [7, 11) is 0. The van der Waals surface area contributed by atoms with Gasteiger partial charge in [0.1, 0.15) is 0 Å². The van der Waals surface area contributed by atoms with Gasteiger partial charge in [-0.15, -0.1) is 0 Å². The molecule has 0 aliphatic heterocycles. The third kappa shape index (κ3) is 3.59. The third-order valence-electron chi connectivity index (χ3n) is 2.85. The van der Waals surface area contributed by atoms with Gasteiger partial charge in [-0.1, -0.05) is 45.2 Å². The zero-order chi connectivity index (χ0) is 14.0. The number of Topliss-reactive ketones (excluding diaryl/α,β-unsaturated/α-hetero) is 1. The average molecular weight is 358 g/mol. The molecule has 4 heteroatoms. The first-order chi connectivity index (χ1) is 8.97. The topological polar surface area (TPSA) is 17.1 Å². The summed E-state index contributed by atoms with van der Waals surface area (Å²) in [4.78, 5) is 12.2. The van der Waals surface area contributed by atoms with E-state index in [1.807, 2.05) is 19.1 Å². The number of carbonyl (C=O) groups is 1. The minimum atomic E-state index is 0.0315. The van der Waals surface area contributed by atoms with Crippen molar-refractivity contribution in [1.29, 1.82) is 0 Å². The van der Waals surface area contributed by atoms with E-state index in [1.54, 1.807) is 24.3 Å². The molecule has 0 aliphatic rings. The molecule has 0 aliphatic carbocycles. The van der Waals surface area contributed by atoms with Crippen molar-refractivity contribution in [2.45, 2.75) is 13.3 Å². The van der Waals surface area contributed by atoms with Crippen LogP contribution < -0.4 is 0 Å². The van der Waals surface area contributed by atoms with Gasteiger partial charge in [0.2, 0.25) is 0 Å². The van der Waals surface area contributed by atoms with Gasteiger partial charge in [0.15, 0.2) is 5.78 Å². The van der Waals surface area contributed by atoms with Crippen LogP contribution in [0.1, 0.15) is 21.5 Å². The summed E-state index contributed by atoms with van der Waals surface area (Å²) in [6.45, 7) is 1.88. The first-order valence-corrected chi connectivity index (χ1v) is 7.25. The average Bonchev–Trinajstić information content (AvgIpc) is 2.36. The van der Waals surface area contributed by atoms with Crippen LogP contribution in [0.15, 0.2) is 40.9 Å². The highest BCUT2D eigenvalue weighted by atomic mass is 79.9. The lowest BCUT2D eigenvalue weighted by Crippen LogP contribution is -2.04. The second-order valence-electron chi connectivity index (χ2n) is 4.30. The molecule has 0 amide bonds. The molecule has 2 aromatic carbocycles. The zero-order valence-electron chi connectivity index (χ0n) is 10.2. The van der Waals surface area contributed by atoms with E-state index in [0.29, 0.717) is 15.6 Å². The molecule has 0 bridgehead atoms. The van der Waals surface area contributed by atoms with E-state index in [2.05, 4.69) is 15.9 Å². The Kier molecular flexibility index (Phi) is 4.67. The molecule has 19 heavy (non-hydrogen) atoms. The molecule has 0 fully saturated rings. The van der Waals surface area contributed by atoms with Crippen LogP contribution in [0.2, 0.25) is 10.0 Å². The van der Waals surface area contributed by atoms with Gasteiger partial charge in [-0.25, -0.2) is 0 Å². The predicted octanol–water partition coefficient (Wildman–Crippen LogP) is 5.49. The number of halogens is 3. The number of aryl methyl sites for hydroxylation is 1. The predicted molar refractivity (Wildman–Crippen MR) is 83.4 cm³/mol. The Morgan fingerprint density at radius 2 is 1.84 bits per heavy atom. The molecule has 0 aromatic heterocycles. The van der Waals surface area contributed by atoms with E-state index in [1.165, 1.54) is 0 Å². The summed E-state index contributed by atoms with van der Waals surface area (Å²) in [6, 6.07) is 10.8. The lowest BCUT2D eigenvalue weighted by Gasteiger charge is -2.06. The second-order valence-corrected chi connectivity index (χ2v) is 6.03. The van der Waals surface area contributed by atoms with Gasteiger partial charge < -0.3 is 0 Å². The Balaban J connectivity index is 2.23. The third-order valence-corrected chi connectivity index (χ3v) is 4.12. The molecule has 0 heterocycles. The van der Waals surface area contributed by atoms with Crippen molar-refractivity contribution in [2.24, 2.45) is 0 Å². The SMILES string of the molecule is Cc1cc(C(=O)Cc2ccc(Br)cc2Cl)ccc1Cl. The van der Waals surface area contributed by atoms with Crippen molar-refractivity contribution >= 4 is 44.9 Å². The fourth-order valence-electron chi connectivity index (χ4n) is 1.76. The maximum atomic E-state index is 12.2. The molecule has 0 unspecified atom stereocenters. The molecule has 2 rings (SSSR count).